The highest BCUT2D eigenvalue weighted by molar-refractivity contribution is 6.67. The number of hydrogen-bond acceptors (Lipinski definition) is 13. The number of carbonyl (C=O) groups excluding carboxylic acids is 3. The summed E-state index contributed by atoms with van der Waals surface area (Å²) in [6, 6.07) is 29.7. The Morgan fingerprint density at radius 1 is 0.506 bits per heavy atom. The lowest BCUT2D eigenvalue weighted by Gasteiger charge is -2.50. The summed E-state index contributed by atoms with van der Waals surface area (Å²) in [5, 5.41) is 43.8. The summed E-state index contributed by atoms with van der Waals surface area (Å²) < 4.78 is 13.6. The number of esters is 2. The number of aliphatic hydroxyl groups is 1. The number of hydrogen-bond donors (Lipinski definition) is 4. The van der Waals surface area contributed by atoms with Gasteiger partial charge in [0.1, 0.15) is 12.2 Å². The molecule has 5 aromatic rings. The highest BCUT2D eigenvalue weighted by Gasteiger charge is 2.48. The van der Waals surface area contributed by atoms with Crippen LogP contribution < -0.4 is 17.0 Å². The molecule has 14 nitrogen and oxygen atoms in total. The fourth-order valence-electron chi connectivity index (χ4n) is 10.9. The van der Waals surface area contributed by atoms with Gasteiger partial charge in [0.15, 0.2) is 18.9 Å². The maximum absolute atomic E-state index is 12.8. The van der Waals surface area contributed by atoms with Crippen molar-refractivity contribution >= 4 is 52.0 Å². The Morgan fingerprint density at radius 2 is 0.810 bits per heavy atom. The van der Waals surface area contributed by atoms with E-state index >= 15 is 0 Å². The fourth-order valence-corrected chi connectivity index (χ4v) is 11.4. The summed E-state index contributed by atoms with van der Waals surface area (Å²) in [4.78, 5) is 39.7. The molecule has 3 fully saturated rings. The Morgan fingerprint density at radius 3 is 1.14 bits per heavy atom. The van der Waals surface area contributed by atoms with Crippen LogP contribution >= 0.6 is 34.8 Å². The molecule has 0 atom stereocenters. The Hall–Kier alpha value is -4.55. The van der Waals surface area contributed by atoms with Gasteiger partial charge < -0.3 is 42.6 Å². The van der Waals surface area contributed by atoms with Gasteiger partial charge in [0.25, 0.3) is 5.24 Å². The average molecular weight is 1170 g/mol. The zero-order valence-corrected chi connectivity index (χ0v) is 50.7. The number of ether oxygens (including phenoxy) is 2. The number of halogens is 4. The van der Waals surface area contributed by atoms with Gasteiger partial charge in [-0.05, 0) is 178 Å². The normalized spacial score (nSPS) is 19.5. The van der Waals surface area contributed by atoms with Gasteiger partial charge in [-0.1, -0.05) is 36.4 Å². The summed E-state index contributed by atoms with van der Waals surface area (Å²) in [5.74, 6) is 0.228. The maximum Gasteiger partial charge on any atom is 0.338 e. The first-order chi connectivity index (χ1) is 36.3. The van der Waals surface area contributed by atoms with Crippen molar-refractivity contribution in [3.8, 4) is 11.1 Å². The molecule has 432 valence electrons. The van der Waals surface area contributed by atoms with Gasteiger partial charge in [0.2, 0.25) is 0 Å². The molecule has 0 radical (unpaired) electrons. The Labute approximate surface area is 488 Å². The molecular formula is C61H81Cl4N5O9. The molecule has 0 saturated carbocycles. The molecule has 0 unspecified atom stereocenters. The van der Waals surface area contributed by atoms with Crippen molar-refractivity contribution in [3.05, 3.63) is 155 Å². The van der Waals surface area contributed by atoms with Gasteiger partial charge >= 0.3 is 11.9 Å². The van der Waals surface area contributed by atoms with Crippen LogP contribution in [-0.4, -0.2) is 110 Å². The van der Waals surface area contributed by atoms with E-state index in [4.69, 9.17) is 44.3 Å². The summed E-state index contributed by atoms with van der Waals surface area (Å²) in [5.41, 5.74) is 4.47. The minimum atomic E-state index is -0.458. The number of aromatic nitrogens is 2. The molecule has 79 heavy (non-hydrogen) atoms. The summed E-state index contributed by atoms with van der Waals surface area (Å²) in [6.45, 7) is 24.1. The lowest BCUT2D eigenvalue weighted by molar-refractivity contribution is -0.688. The molecule has 3 aliphatic rings. The minimum Gasteiger partial charge on any atom is -1.00 e. The van der Waals surface area contributed by atoms with Crippen LogP contribution in [0.2, 0.25) is 0 Å². The smallest absolute Gasteiger partial charge is 0.338 e. The first-order valence-corrected chi connectivity index (χ1v) is 27.8. The van der Waals surface area contributed by atoms with Gasteiger partial charge in [0, 0.05) is 106 Å². The largest absolute Gasteiger partial charge is 1.00 e. The van der Waals surface area contributed by atoms with E-state index in [2.05, 4.69) is 34.1 Å². The SMILES string of the molecule is CC1(C)CC(O)CC(C)(C)N1O.CC1(C)CC(OC(=O)c2ccc(CCl)cc2)CC(C)(C)N1O.CC1(C)CC(OC(=O)c2ccc(C[n+]3ccc(-c4ccncc4)cc3)cc2)CC(C)(C)N1O.O=C(Cl)c1ccc(CCl)cc1.[Cl-]. The van der Waals surface area contributed by atoms with E-state index < -0.39 is 27.4 Å². The lowest BCUT2D eigenvalue weighted by Crippen LogP contribution is -3.00. The van der Waals surface area contributed by atoms with Gasteiger partial charge in [0.05, 0.1) is 17.2 Å². The number of benzene rings is 3. The molecular weight excluding hydrogens is 1090 g/mol. The Balaban J connectivity index is 0.000000250. The number of rotatable bonds is 10. The molecule has 8 rings (SSSR count). The summed E-state index contributed by atoms with van der Waals surface area (Å²) in [6.07, 6.45) is 10.6. The van der Waals surface area contributed by atoms with Gasteiger partial charge in [-0.15, -0.1) is 23.2 Å². The molecule has 4 N–H and O–H groups in total. The van der Waals surface area contributed by atoms with E-state index in [0.717, 1.165) is 27.8 Å². The first-order valence-electron chi connectivity index (χ1n) is 26.3. The van der Waals surface area contributed by atoms with Crippen molar-refractivity contribution in [2.75, 3.05) is 0 Å². The third-order valence-electron chi connectivity index (χ3n) is 14.5. The van der Waals surface area contributed by atoms with Crippen LogP contribution in [0.1, 0.15) is 169 Å². The maximum atomic E-state index is 12.8. The van der Waals surface area contributed by atoms with E-state index in [9.17, 15) is 35.1 Å². The van der Waals surface area contributed by atoms with E-state index in [1.807, 2.05) is 132 Å². The predicted molar refractivity (Wildman–Crippen MR) is 305 cm³/mol. The number of hydroxylamine groups is 6. The van der Waals surface area contributed by atoms with Crippen LogP contribution in [-0.2, 0) is 27.8 Å². The van der Waals surface area contributed by atoms with Gasteiger partial charge in [-0.3, -0.25) is 9.78 Å². The Kier molecular flexibility index (Phi) is 23.7. The van der Waals surface area contributed by atoms with E-state index in [-0.39, 0.29) is 53.7 Å². The van der Waals surface area contributed by atoms with E-state index in [0.29, 0.717) is 73.5 Å². The number of piperidine rings is 3. The van der Waals surface area contributed by atoms with Crippen LogP contribution in [0.5, 0.6) is 0 Å². The summed E-state index contributed by atoms with van der Waals surface area (Å²) in [7, 11) is 0. The number of nitrogens with zero attached hydrogens (tertiary/aromatic N) is 5. The summed E-state index contributed by atoms with van der Waals surface area (Å²) >= 11 is 16.5. The predicted octanol–water partition coefficient (Wildman–Crippen LogP) is 9.84. The molecule has 5 heterocycles. The third kappa shape index (κ3) is 18.7. The second-order valence-corrected chi connectivity index (χ2v) is 25.2. The van der Waals surface area contributed by atoms with Gasteiger partial charge in [-0.25, -0.2) is 14.2 Å². The zero-order valence-electron chi connectivity index (χ0n) is 47.7. The second kappa shape index (κ2) is 27.9. The molecule has 0 amide bonds. The molecule has 0 bridgehead atoms. The van der Waals surface area contributed by atoms with Crippen molar-refractivity contribution < 1.29 is 61.6 Å². The van der Waals surface area contributed by atoms with Crippen LogP contribution in [0.4, 0.5) is 0 Å². The molecule has 3 aliphatic heterocycles. The average Bonchev–Trinajstić information content (AvgIpc) is 3.40. The monoisotopic (exact) mass is 1170 g/mol. The molecule has 2 aromatic heterocycles. The molecule has 3 saturated heterocycles. The number of alkyl halides is 2. The van der Waals surface area contributed by atoms with Crippen LogP contribution in [0.25, 0.3) is 11.1 Å². The topological polar surface area (TPSA) is 177 Å². The quantitative estimate of drug-likeness (QED) is 0.0450. The van der Waals surface area contributed by atoms with Crippen molar-refractivity contribution in [2.45, 2.75) is 191 Å². The van der Waals surface area contributed by atoms with Crippen LogP contribution in [0.15, 0.2) is 122 Å². The van der Waals surface area contributed by atoms with E-state index in [1.165, 1.54) is 15.2 Å². The standard InChI is InChI=1S/C27H32N3O3.C17H24ClNO3.C9H19NO2.C8H6Cl2O.ClH/c1-26(2)17-24(18-27(3,4)30(26)32)33-25(31)23-7-5-20(6-8-23)19-29-15-11-22(12-16-29)21-9-13-28-14-10-21;1-16(2)9-14(10-17(3,4)19(16)21)22-15(20)13-7-5-12(11-18)6-8-13;1-8(2)5-7(11)6-9(3,4)10(8)12;9-5-6-1-3-7(4-2-6)8(10)11;/h5-16,24,32H,17-19H2,1-4H3;5-8,14,21H,9-11H2,1-4H3;7,11-12H,5-6H2,1-4H3;1-4H,5H2;1H/q+1;;;;/p-1. The molecule has 0 spiro atoms. The number of pyridine rings is 2. The van der Waals surface area contributed by atoms with Gasteiger partial charge in [-0.2, -0.15) is 15.2 Å². The van der Waals surface area contributed by atoms with Crippen molar-refractivity contribution in [1.82, 2.24) is 20.2 Å². The minimum absolute atomic E-state index is 0. The molecule has 18 heteroatoms. The zero-order chi connectivity index (χ0) is 58.0. The number of carbonyl (C=O) groups is 3. The highest BCUT2D eigenvalue weighted by atomic mass is 35.5. The first kappa shape index (κ1) is 67.0. The van der Waals surface area contributed by atoms with Crippen LogP contribution in [0.3, 0.4) is 0 Å². The third-order valence-corrected chi connectivity index (χ3v) is 15.3. The Bertz CT molecular complexity index is 2690. The molecule has 3 aromatic carbocycles. The van der Waals surface area contributed by atoms with Crippen LogP contribution in [0, 0.1) is 0 Å². The van der Waals surface area contributed by atoms with Crippen molar-refractivity contribution in [3.63, 3.8) is 0 Å². The fraction of sp³-hybridized carbons (Fsp3) is 0.492. The van der Waals surface area contributed by atoms with Crippen molar-refractivity contribution in [1.29, 1.82) is 0 Å². The number of aliphatic hydroxyl groups excluding tert-OH is 1. The van der Waals surface area contributed by atoms with E-state index in [1.54, 1.807) is 48.8 Å². The second-order valence-electron chi connectivity index (χ2n) is 24.4. The van der Waals surface area contributed by atoms with Crippen molar-refractivity contribution in [2.24, 2.45) is 0 Å². The lowest BCUT2D eigenvalue weighted by atomic mass is 9.80. The molecule has 0 aliphatic carbocycles. The highest BCUT2D eigenvalue weighted by Crippen LogP contribution is 2.40.